The summed E-state index contributed by atoms with van der Waals surface area (Å²) in [5.74, 6) is -0.336. The van der Waals surface area contributed by atoms with Crippen molar-refractivity contribution in [1.29, 1.82) is 0 Å². The molecule has 16 heavy (non-hydrogen) atoms. The van der Waals surface area contributed by atoms with Gasteiger partial charge in [0.2, 0.25) is 0 Å². The van der Waals surface area contributed by atoms with Crippen molar-refractivity contribution < 1.29 is 9.47 Å². The normalized spacial score (nSPS) is 32.8. The SMILES string of the molecule is CN1C(C)(C)CC2(CC1(C)C)OCCCO2. The lowest BCUT2D eigenvalue weighted by atomic mass is 9.76. The van der Waals surface area contributed by atoms with Crippen LogP contribution >= 0.6 is 0 Å². The lowest BCUT2D eigenvalue weighted by molar-refractivity contribution is -0.313. The second kappa shape index (κ2) is 3.69. The van der Waals surface area contributed by atoms with E-state index < -0.39 is 0 Å². The van der Waals surface area contributed by atoms with E-state index in [1.807, 2.05) is 0 Å². The molecule has 0 atom stereocenters. The van der Waals surface area contributed by atoms with Crippen molar-refractivity contribution in [2.24, 2.45) is 0 Å². The largest absolute Gasteiger partial charge is 0.350 e. The molecule has 2 aliphatic heterocycles. The van der Waals surface area contributed by atoms with Gasteiger partial charge in [-0.05, 0) is 41.2 Å². The molecule has 94 valence electrons. The number of piperidine rings is 1. The Hall–Kier alpha value is -0.120. The number of hydrogen-bond donors (Lipinski definition) is 0. The Morgan fingerprint density at radius 3 is 1.75 bits per heavy atom. The highest BCUT2D eigenvalue weighted by Crippen LogP contribution is 2.45. The second-order valence-electron chi connectivity index (χ2n) is 6.50. The molecule has 2 rings (SSSR count). The van der Waals surface area contributed by atoms with Crippen molar-refractivity contribution in [1.82, 2.24) is 4.90 Å². The third kappa shape index (κ3) is 2.01. The Morgan fingerprint density at radius 2 is 1.31 bits per heavy atom. The van der Waals surface area contributed by atoms with Crippen LogP contribution in [0, 0.1) is 0 Å². The maximum Gasteiger partial charge on any atom is 0.171 e. The van der Waals surface area contributed by atoms with Crippen LogP contribution < -0.4 is 0 Å². The van der Waals surface area contributed by atoms with Gasteiger partial charge >= 0.3 is 0 Å². The van der Waals surface area contributed by atoms with Gasteiger partial charge in [-0.1, -0.05) is 0 Å². The first kappa shape index (κ1) is 12.3. The molecule has 3 nitrogen and oxygen atoms in total. The quantitative estimate of drug-likeness (QED) is 0.634. The van der Waals surface area contributed by atoms with Gasteiger partial charge in [-0.25, -0.2) is 0 Å². The molecule has 2 aliphatic rings. The molecule has 0 aliphatic carbocycles. The third-order valence-electron chi connectivity index (χ3n) is 4.24. The molecule has 0 aromatic rings. The fourth-order valence-corrected chi connectivity index (χ4v) is 3.26. The Kier molecular flexibility index (Phi) is 2.84. The lowest BCUT2D eigenvalue weighted by Gasteiger charge is -2.58. The van der Waals surface area contributed by atoms with Crippen LogP contribution in [-0.2, 0) is 9.47 Å². The van der Waals surface area contributed by atoms with E-state index in [-0.39, 0.29) is 16.9 Å². The summed E-state index contributed by atoms with van der Waals surface area (Å²) in [7, 11) is 2.20. The molecule has 0 unspecified atom stereocenters. The molecule has 0 bridgehead atoms. The smallest absolute Gasteiger partial charge is 0.171 e. The van der Waals surface area contributed by atoms with E-state index >= 15 is 0 Å². The molecule has 0 aromatic heterocycles. The van der Waals surface area contributed by atoms with Crippen LogP contribution in [0.15, 0.2) is 0 Å². The molecule has 0 saturated carbocycles. The van der Waals surface area contributed by atoms with E-state index in [2.05, 4.69) is 39.6 Å². The summed E-state index contributed by atoms with van der Waals surface area (Å²) in [6.45, 7) is 10.8. The van der Waals surface area contributed by atoms with Crippen molar-refractivity contribution in [3.05, 3.63) is 0 Å². The minimum absolute atomic E-state index is 0.124. The number of rotatable bonds is 0. The monoisotopic (exact) mass is 227 g/mol. The van der Waals surface area contributed by atoms with Gasteiger partial charge in [0.15, 0.2) is 5.79 Å². The van der Waals surface area contributed by atoms with Crippen molar-refractivity contribution in [2.45, 2.75) is 63.8 Å². The van der Waals surface area contributed by atoms with Crippen LogP contribution in [0.1, 0.15) is 47.0 Å². The fourth-order valence-electron chi connectivity index (χ4n) is 3.26. The molecule has 2 heterocycles. The van der Waals surface area contributed by atoms with Crippen LogP contribution in [0.3, 0.4) is 0 Å². The van der Waals surface area contributed by atoms with Gasteiger partial charge in [0.1, 0.15) is 0 Å². The standard InChI is InChI=1S/C13H25NO2/c1-11(2)9-13(15-7-6-8-16-13)10-12(3,4)14(11)5/h6-10H2,1-5H3. The zero-order valence-corrected chi connectivity index (χ0v) is 11.3. The molecule has 0 radical (unpaired) electrons. The van der Waals surface area contributed by atoms with Crippen molar-refractivity contribution in [3.8, 4) is 0 Å². The van der Waals surface area contributed by atoms with E-state index in [1.54, 1.807) is 0 Å². The van der Waals surface area contributed by atoms with Gasteiger partial charge in [-0.2, -0.15) is 0 Å². The number of nitrogens with zero attached hydrogens (tertiary/aromatic N) is 1. The minimum Gasteiger partial charge on any atom is -0.350 e. The first-order chi connectivity index (χ1) is 7.28. The Labute approximate surface area is 99.1 Å². The van der Waals surface area contributed by atoms with E-state index in [0.717, 1.165) is 32.5 Å². The Morgan fingerprint density at radius 1 is 0.875 bits per heavy atom. The minimum atomic E-state index is -0.336. The topological polar surface area (TPSA) is 21.7 Å². The van der Waals surface area contributed by atoms with Gasteiger partial charge in [-0.15, -0.1) is 0 Å². The summed E-state index contributed by atoms with van der Waals surface area (Å²) in [6, 6.07) is 0. The number of ether oxygens (including phenoxy) is 2. The zero-order valence-electron chi connectivity index (χ0n) is 11.3. The van der Waals surface area contributed by atoms with Crippen LogP contribution in [0.4, 0.5) is 0 Å². The molecule has 0 amide bonds. The highest BCUT2D eigenvalue weighted by Gasteiger charge is 2.52. The maximum atomic E-state index is 5.98. The summed E-state index contributed by atoms with van der Waals surface area (Å²) in [5.41, 5.74) is 0.248. The van der Waals surface area contributed by atoms with Crippen molar-refractivity contribution in [3.63, 3.8) is 0 Å². The Bertz CT molecular complexity index is 247. The van der Waals surface area contributed by atoms with Gasteiger partial charge in [-0.3, -0.25) is 4.90 Å². The average molecular weight is 227 g/mol. The first-order valence-corrected chi connectivity index (χ1v) is 6.29. The van der Waals surface area contributed by atoms with E-state index in [9.17, 15) is 0 Å². The highest BCUT2D eigenvalue weighted by atomic mass is 16.7. The third-order valence-corrected chi connectivity index (χ3v) is 4.24. The van der Waals surface area contributed by atoms with Crippen LogP contribution in [-0.4, -0.2) is 42.0 Å². The van der Waals surface area contributed by atoms with E-state index in [0.29, 0.717) is 0 Å². The summed E-state index contributed by atoms with van der Waals surface area (Å²) < 4.78 is 12.0. The lowest BCUT2D eigenvalue weighted by Crippen LogP contribution is -2.65. The molecule has 2 saturated heterocycles. The highest BCUT2D eigenvalue weighted by molar-refractivity contribution is 5.03. The van der Waals surface area contributed by atoms with E-state index in [4.69, 9.17) is 9.47 Å². The number of likely N-dealkylation sites (tertiary alicyclic amines) is 1. The fraction of sp³-hybridized carbons (Fsp3) is 1.00. The van der Waals surface area contributed by atoms with Crippen LogP contribution in [0.25, 0.3) is 0 Å². The second-order valence-corrected chi connectivity index (χ2v) is 6.50. The molecule has 2 fully saturated rings. The summed E-state index contributed by atoms with van der Waals surface area (Å²) in [6.07, 6.45) is 2.94. The van der Waals surface area contributed by atoms with Crippen molar-refractivity contribution in [2.75, 3.05) is 20.3 Å². The molecule has 3 heteroatoms. The molecular formula is C13H25NO2. The van der Waals surface area contributed by atoms with Gasteiger partial charge in [0.05, 0.1) is 13.2 Å². The summed E-state index contributed by atoms with van der Waals surface area (Å²) >= 11 is 0. The van der Waals surface area contributed by atoms with Gasteiger partial charge < -0.3 is 9.47 Å². The first-order valence-electron chi connectivity index (χ1n) is 6.29. The van der Waals surface area contributed by atoms with E-state index in [1.165, 1.54) is 0 Å². The van der Waals surface area contributed by atoms with Crippen LogP contribution in [0.2, 0.25) is 0 Å². The predicted octanol–water partition coefficient (Wildman–Crippen LogP) is 2.40. The molecule has 1 spiro atoms. The van der Waals surface area contributed by atoms with Gasteiger partial charge in [0.25, 0.3) is 0 Å². The maximum absolute atomic E-state index is 5.98. The molecular weight excluding hydrogens is 202 g/mol. The van der Waals surface area contributed by atoms with Crippen molar-refractivity contribution >= 4 is 0 Å². The van der Waals surface area contributed by atoms with Crippen LogP contribution in [0.5, 0.6) is 0 Å². The van der Waals surface area contributed by atoms with Gasteiger partial charge in [0, 0.05) is 23.9 Å². The Balaban J connectivity index is 2.24. The average Bonchev–Trinajstić information content (AvgIpc) is 2.14. The molecule has 0 N–H and O–H groups in total. The summed E-state index contributed by atoms with van der Waals surface area (Å²) in [4.78, 5) is 2.45. The summed E-state index contributed by atoms with van der Waals surface area (Å²) in [5, 5.41) is 0. The molecule has 0 aromatic carbocycles. The predicted molar refractivity (Wildman–Crippen MR) is 64.4 cm³/mol. The zero-order chi connectivity index (χ0) is 12.0. The number of hydrogen-bond acceptors (Lipinski definition) is 3.